The van der Waals surface area contributed by atoms with Crippen LogP contribution in [0.15, 0.2) is 0 Å². The van der Waals surface area contributed by atoms with Crippen LogP contribution in [-0.2, 0) is 0 Å². The topological polar surface area (TPSA) is 137 Å². The van der Waals surface area contributed by atoms with Crippen molar-refractivity contribution < 1.29 is 19.7 Å². The van der Waals surface area contributed by atoms with Crippen LogP contribution in [0.25, 0.3) is 0 Å². The van der Waals surface area contributed by atoms with Crippen LogP contribution >= 0.6 is 0 Å². The third-order valence-corrected chi connectivity index (χ3v) is 1.30. The molecule has 0 atom stereocenters. The molecule has 8 nitrogen and oxygen atoms in total. The maximum absolute atomic E-state index is 8.49. The third kappa shape index (κ3) is 2.12. The summed E-state index contributed by atoms with van der Waals surface area (Å²) in [5.74, 6) is -0.321. The summed E-state index contributed by atoms with van der Waals surface area (Å²) < 4.78 is 9.28. The maximum Gasteiger partial charge on any atom is 0.248 e. The summed E-state index contributed by atoms with van der Waals surface area (Å²) in [6.07, 6.45) is 0. The minimum Gasteiger partial charge on any atom is -0.449 e. The molecule has 0 aromatic carbocycles. The summed E-state index contributed by atoms with van der Waals surface area (Å²) in [6, 6.07) is 0. The molecular weight excluding hydrogens is 192 g/mol. The van der Waals surface area contributed by atoms with Gasteiger partial charge in [0.15, 0.2) is 19.3 Å². The first-order chi connectivity index (χ1) is 6.69. The van der Waals surface area contributed by atoms with Gasteiger partial charge in [-0.25, -0.2) is 0 Å². The number of hydrogen-bond acceptors (Lipinski definition) is 8. The van der Waals surface area contributed by atoms with E-state index in [1.807, 2.05) is 0 Å². The Morgan fingerprint density at radius 2 is 1.43 bits per heavy atom. The molecule has 0 aliphatic carbocycles. The number of rotatable bonds is 4. The van der Waals surface area contributed by atoms with E-state index in [4.69, 9.17) is 21.7 Å². The Balaban J connectivity index is 3.04. The lowest BCUT2D eigenvalue weighted by Gasteiger charge is -2.09. The highest BCUT2D eigenvalue weighted by Gasteiger charge is 2.12. The Morgan fingerprint density at radius 3 is 1.79 bits per heavy atom. The van der Waals surface area contributed by atoms with Crippen LogP contribution in [0.2, 0.25) is 0 Å². The molecule has 1 rings (SSSR count). The van der Waals surface area contributed by atoms with E-state index in [1.165, 1.54) is 0 Å². The molecular formula is C6H10N4O4. The van der Waals surface area contributed by atoms with Crippen molar-refractivity contribution in [2.75, 3.05) is 25.1 Å². The van der Waals surface area contributed by atoms with E-state index in [0.717, 1.165) is 0 Å². The third-order valence-electron chi connectivity index (χ3n) is 1.30. The van der Waals surface area contributed by atoms with E-state index < -0.39 is 13.6 Å². The van der Waals surface area contributed by atoms with Crippen LogP contribution in [-0.4, -0.2) is 33.8 Å². The molecule has 0 bridgehead atoms. The predicted molar refractivity (Wildman–Crippen MR) is 46.3 cm³/mol. The van der Waals surface area contributed by atoms with E-state index in [1.54, 1.807) is 0 Å². The number of nitrogens with two attached hydrogens (primary N) is 2. The van der Waals surface area contributed by atoms with Gasteiger partial charge in [0.2, 0.25) is 17.7 Å². The fraction of sp³-hybridized carbons (Fsp3) is 0.333. The lowest BCUT2D eigenvalue weighted by atomic mass is 10.5. The van der Waals surface area contributed by atoms with Crippen LogP contribution in [0.5, 0.6) is 11.8 Å². The molecule has 0 saturated heterocycles. The summed E-state index contributed by atoms with van der Waals surface area (Å²) in [5.41, 5.74) is 10.7. The zero-order chi connectivity index (χ0) is 10.6. The van der Waals surface area contributed by atoms with Crippen molar-refractivity contribution in [2.45, 2.75) is 0 Å². The average molecular weight is 202 g/mol. The summed E-state index contributed by atoms with van der Waals surface area (Å²) in [5, 5.41) is 17.0. The van der Waals surface area contributed by atoms with Gasteiger partial charge in [0.25, 0.3) is 0 Å². The lowest BCUT2D eigenvalue weighted by molar-refractivity contribution is 0.0881. The molecule has 0 radical (unpaired) electrons. The minimum atomic E-state index is -0.598. The van der Waals surface area contributed by atoms with Gasteiger partial charge in [-0.2, -0.15) is 9.97 Å². The molecule has 78 valence electrons. The number of anilines is 2. The number of nitrogens with zero attached hydrogens (tertiary/aromatic N) is 2. The first-order valence-corrected chi connectivity index (χ1v) is 3.59. The molecule has 0 saturated carbocycles. The molecule has 0 spiro atoms. The summed E-state index contributed by atoms with van der Waals surface area (Å²) in [6.45, 7) is -1.20. The first-order valence-electron chi connectivity index (χ1n) is 3.59. The Hall–Kier alpha value is -1.80. The minimum absolute atomic E-state index is 0.0395. The monoisotopic (exact) mass is 202 g/mol. The molecule has 0 amide bonds. The maximum atomic E-state index is 8.49. The second-order valence-corrected chi connectivity index (χ2v) is 2.15. The first kappa shape index (κ1) is 10.3. The summed E-state index contributed by atoms with van der Waals surface area (Å²) >= 11 is 0. The van der Waals surface area contributed by atoms with Gasteiger partial charge in [-0.1, -0.05) is 0 Å². The average Bonchev–Trinajstić information content (AvgIpc) is 2.14. The van der Waals surface area contributed by atoms with Crippen LogP contribution in [0.3, 0.4) is 0 Å². The molecule has 0 aliphatic heterocycles. The van der Waals surface area contributed by atoms with E-state index in [2.05, 4.69) is 19.4 Å². The van der Waals surface area contributed by atoms with E-state index in [-0.39, 0.29) is 23.4 Å². The molecule has 1 aromatic rings. The highest BCUT2D eigenvalue weighted by Crippen LogP contribution is 2.28. The highest BCUT2D eigenvalue weighted by atomic mass is 16.6. The number of ether oxygens (including phenoxy) is 2. The largest absolute Gasteiger partial charge is 0.449 e. The molecule has 1 aromatic heterocycles. The standard InChI is InChI=1S/C6H10N4O4/c7-3-4(13-1-11)9-6(8)10-5(3)14-2-12/h11-12H,1-2,7H2,(H2,8,9,10). The Labute approximate surface area is 79.1 Å². The van der Waals surface area contributed by atoms with Crippen LogP contribution in [0.1, 0.15) is 0 Å². The smallest absolute Gasteiger partial charge is 0.248 e. The Morgan fingerprint density at radius 1 is 1.00 bits per heavy atom. The Kier molecular flexibility index (Phi) is 3.26. The summed E-state index contributed by atoms with van der Waals surface area (Å²) in [4.78, 5) is 7.21. The van der Waals surface area contributed by atoms with Crippen molar-refractivity contribution in [3.63, 3.8) is 0 Å². The zero-order valence-electron chi connectivity index (χ0n) is 7.17. The van der Waals surface area contributed by atoms with E-state index in [9.17, 15) is 0 Å². The van der Waals surface area contributed by atoms with E-state index >= 15 is 0 Å². The number of aliphatic hydroxyl groups excluding tert-OH is 2. The van der Waals surface area contributed by atoms with Crippen molar-refractivity contribution in [3.8, 4) is 11.8 Å². The molecule has 1 heterocycles. The quantitative estimate of drug-likeness (QED) is 0.424. The normalized spacial score (nSPS) is 9.86. The Bertz CT molecular complexity index is 292. The number of hydrogen-bond donors (Lipinski definition) is 4. The van der Waals surface area contributed by atoms with Gasteiger partial charge >= 0.3 is 0 Å². The van der Waals surface area contributed by atoms with E-state index in [0.29, 0.717) is 0 Å². The van der Waals surface area contributed by atoms with Gasteiger partial charge in [-0.05, 0) is 0 Å². The van der Waals surface area contributed by atoms with Crippen LogP contribution in [0, 0.1) is 0 Å². The van der Waals surface area contributed by atoms with Crippen molar-refractivity contribution in [3.05, 3.63) is 0 Å². The van der Waals surface area contributed by atoms with Crippen molar-refractivity contribution in [1.82, 2.24) is 9.97 Å². The van der Waals surface area contributed by atoms with Gasteiger partial charge < -0.3 is 31.2 Å². The fourth-order valence-electron chi connectivity index (χ4n) is 0.787. The lowest BCUT2D eigenvalue weighted by Crippen LogP contribution is -2.09. The molecule has 14 heavy (non-hydrogen) atoms. The molecule has 0 unspecified atom stereocenters. The molecule has 6 N–H and O–H groups in total. The van der Waals surface area contributed by atoms with Crippen molar-refractivity contribution in [2.24, 2.45) is 0 Å². The predicted octanol–water partition coefficient (Wildman–Crippen LogP) is -1.70. The van der Waals surface area contributed by atoms with Gasteiger partial charge in [0, 0.05) is 0 Å². The summed E-state index contributed by atoms with van der Waals surface area (Å²) in [7, 11) is 0. The van der Waals surface area contributed by atoms with Gasteiger partial charge in [-0.15, -0.1) is 0 Å². The fourth-order valence-corrected chi connectivity index (χ4v) is 0.787. The van der Waals surface area contributed by atoms with Crippen LogP contribution < -0.4 is 20.9 Å². The number of aromatic nitrogens is 2. The van der Waals surface area contributed by atoms with Crippen molar-refractivity contribution >= 4 is 11.6 Å². The number of aliphatic hydroxyl groups is 2. The zero-order valence-corrected chi connectivity index (χ0v) is 7.17. The molecule has 0 fully saturated rings. The van der Waals surface area contributed by atoms with Crippen molar-refractivity contribution in [1.29, 1.82) is 0 Å². The second kappa shape index (κ2) is 4.44. The van der Waals surface area contributed by atoms with Crippen LogP contribution in [0.4, 0.5) is 11.6 Å². The highest BCUT2D eigenvalue weighted by molar-refractivity contribution is 5.58. The SMILES string of the molecule is Nc1nc(OCO)c(N)c(OCO)n1. The van der Waals surface area contributed by atoms with Gasteiger partial charge in [-0.3, -0.25) is 0 Å². The van der Waals surface area contributed by atoms with Gasteiger partial charge in [0.05, 0.1) is 0 Å². The molecule has 8 heteroatoms. The van der Waals surface area contributed by atoms with Gasteiger partial charge in [0.1, 0.15) is 0 Å². The molecule has 0 aliphatic rings. The number of nitrogen functional groups attached to an aromatic ring is 2. The second-order valence-electron chi connectivity index (χ2n) is 2.15.